The van der Waals surface area contributed by atoms with Crippen molar-refractivity contribution in [3.8, 4) is 0 Å². The smallest absolute Gasteiger partial charge is 0.356 e. The molecular weight excluding hydrogens is 391 g/mol. The lowest BCUT2D eigenvalue weighted by Crippen LogP contribution is -2.39. The Bertz CT molecular complexity index is 950. The van der Waals surface area contributed by atoms with Crippen LogP contribution < -0.4 is 9.62 Å². The molecule has 2 aromatic rings. The second-order valence-electron chi connectivity index (χ2n) is 7.33. The number of nitrogens with one attached hydrogen (secondary N) is 1. The summed E-state index contributed by atoms with van der Waals surface area (Å²) in [5.41, 5.74) is -0.914. The Morgan fingerprint density at radius 1 is 1.00 bits per heavy atom. The van der Waals surface area contributed by atoms with Crippen LogP contribution in [0.25, 0.3) is 0 Å². The molecule has 2 fully saturated rings. The fourth-order valence-electron chi connectivity index (χ4n) is 4.22. The average Bonchev–Trinajstić information content (AvgIpc) is 3.24. The second kappa shape index (κ2) is 7.04. The third kappa shape index (κ3) is 3.73. The van der Waals surface area contributed by atoms with Crippen molar-refractivity contribution in [2.24, 2.45) is 11.8 Å². The molecule has 9 heteroatoms. The van der Waals surface area contributed by atoms with E-state index in [0.717, 1.165) is 18.9 Å². The average molecular weight is 411 g/mol. The van der Waals surface area contributed by atoms with E-state index in [4.69, 9.17) is 0 Å². The minimum Gasteiger partial charge on any atom is -0.356 e. The van der Waals surface area contributed by atoms with Gasteiger partial charge in [-0.05, 0) is 48.9 Å². The molecule has 1 aliphatic carbocycles. The molecule has 2 aliphatic rings. The van der Waals surface area contributed by atoms with Crippen molar-refractivity contribution < 1.29 is 21.6 Å². The van der Waals surface area contributed by atoms with Gasteiger partial charge in [-0.2, -0.15) is 13.2 Å². The highest BCUT2D eigenvalue weighted by molar-refractivity contribution is 7.89. The van der Waals surface area contributed by atoms with E-state index in [-0.39, 0.29) is 28.6 Å². The van der Waals surface area contributed by atoms with Crippen LogP contribution in [0.5, 0.6) is 0 Å². The Morgan fingerprint density at radius 3 is 2.46 bits per heavy atom. The zero-order valence-corrected chi connectivity index (χ0v) is 15.7. The summed E-state index contributed by atoms with van der Waals surface area (Å²) >= 11 is 0. The fraction of sp³-hybridized carbons (Fsp3) is 0.421. The first-order chi connectivity index (χ1) is 13.2. The van der Waals surface area contributed by atoms with Crippen molar-refractivity contribution in [1.29, 1.82) is 0 Å². The number of halogens is 3. The standard InChI is InChI=1S/C19H20F3N3O2S/c20-19(21,22)17-7-4-8-18(23-17)25-11-13-9-10-16(15(13)12-25)24-28(26,27)14-5-2-1-3-6-14/h1-8,13,15-16,24H,9-12H2. The van der Waals surface area contributed by atoms with Gasteiger partial charge in [0.25, 0.3) is 0 Å². The zero-order chi connectivity index (χ0) is 19.9. The minimum absolute atomic E-state index is 0.0508. The van der Waals surface area contributed by atoms with E-state index in [0.29, 0.717) is 13.1 Å². The van der Waals surface area contributed by atoms with Gasteiger partial charge in [0, 0.05) is 19.1 Å². The minimum atomic E-state index is -4.49. The highest BCUT2D eigenvalue weighted by Gasteiger charge is 2.44. The summed E-state index contributed by atoms with van der Waals surface area (Å²) in [6, 6.07) is 11.8. The van der Waals surface area contributed by atoms with E-state index in [1.165, 1.54) is 6.07 Å². The largest absolute Gasteiger partial charge is 0.433 e. The van der Waals surface area contributed by atoms with E-state index in [1.807, 2.05) is 4.90 Å². The number of nitrogens with zero attached hydrogens (tertiary/aromatic N) is 2. The van der Waals surface area contributed by atoms with Gasteiger partial charge in [-0.1, -0.05) is 24.3 Å². The number of alkyl halides is 3. The van der Waals surface area contributed by atoms with Gasteiger partial charge >= 0.3 is 6.18 Å². The maximum absolute atomic E-state index is 12.9. The first-order valence-electron chi connectivity index (χ1n) is 9.10. The molecule has 2 heterocycles. The predicted molar refractivity (Wildman–Crippen MR) is 98.2 cm³/mol. The third-order valence-corrected chi connectivity index (χ3v) is 7.07. The lowest BCUT2D eigenvalue weighted by atomic mass is 9.98. The summed E-state index contributed by atoms with van der Waals surface area (Å²) in [7, 11) is -3.62. The molecule has 3 unspecified atom stereocenters. The first-order valence-corrected chi connectivity index (χ1v) is 10.6. The molecule has 28 heavy (non-hydrogen) atoms. The van der Waals surface area contributed by atoms with Gasteiger partial charge in [0.05, 0.1) is 4.90 Å². The highest BCUT2D eigenvalue weighted by Crippen LogP contribution is 2.40. The Balaban J connectivity index is 1.49. The summed E-state index contributed by atoms with van der Waals surface area (Å²) in [6.07, 6.45) is -2.92. The molecule has 1 aliphatic heterocycles. The Labute approximate surface area is 161 Å². The van der Waals surface area contributed by atoms with Gasteiger partial charge in [-0.3, -0.25) is 0 Å². The molecule has 150 valence electrons. The molecule has 1 saturated heterocycles. The number of aromatic nitrogens is 1. The second-order valence-corrected chi connectivity index (χ2v) is 9.04. The van der Waals surface area contributed by atoms with Crippen molar-refractivity contribution >= 4 is 15.8 Å². The lowest BCUT2D eigenvalue weighted by Gasteiger charge is -2.23. The molecular formula is C19H20F3N3O2S. The van der Waals surface area contributed by atoms with Crippen LogP contribution in [0.4, 0.5) is 19.0 Å². The number of sulfonamides is 1. The topological polar surface area (TPSA) is 62.3 Å². The van der Waals surface area contributed by atoms with Crippen molar-refractivity contribution in [1.82, 2.24) is 9.71 Å². The molecule has 3 atom stereocenters. The Kier molecular flexibility index (Phi) is 4.83. The number of fused-ring (bicyclic) bond motifs is 1. The van der Waals surface area contributed by atoms with Crippen LogP contribution in [0.15, 0.2) is 53.4 Å². The van der Waals surface area contributed by atoms with Crippen LogP contribution in [0.2, 0.25) is 0 Å². The normalized spacial score (nSPS) is 25.1. The van der Waals surface area contributed by atoms with E-state index < -0.39 is 21.9 Å². The molecule has 1 aromatic carbocycles. The van der Waals surface area contributed by atoms with Gasteiger partial charge in [0.15, 0.2) is 0 Å². The monoisotopic (exact) mass is 411 g/mol. The molecule has 1 N–H and O–H groups in total. The molecule has 0 amide bonds. The predicted octanol–water partition coefficient (Wildman–Crippen LogP) is 3.29. The van der Waals surface area contributed by atoms with Gasteiger partial charge < -0.3 is 4.90 Å². The Hall–Kier alpha value is -2.13. The molecule has 0 spiro atoms. The molecule has 5 nitrogen and oxygen atoms in total. The summed E-state index contributed by atoms with van der Waals surface area (Å²) in [4.78, 5) is 5.81. The van der Waals surface area contributed by atoms with Crippen molar-refractivity contribution in [3.63, 3.8) is 0 Å². The van der Waals surface area contributed by atoms with E-state index in [1.54, 1.807) is 36.4 Å². The molecule has 0 bridgehead atoms. The molecule has 1 saturated carbocycles. The SMILES string of the molecule is O=S(=O)(NC1CCC2CN(c3cccc(C(F)(F)F)n3)CC21)c1ccccc1. The van der Waals surface area contributed by atoms with Crippen LogP contribution in [0.1, 0.15) is 18.5 Å². The van der Waals surface area contributed by atoms with Crippen LogP contribution in [0.3, 0.4) is 0 Å². The van der Waals surface area contributed by atoms with Crippen molar-refractivity contribution in [3.05, 3.63) is 54.2 Å². The van der Waals surface area contributed by atoms with Crippen LogP contribution >= 0.6 is 0 Å². The maximum atomic E-state index is 12.9. The van der Waals surface area contributed by atoms with Gasteiger partial charge in [-0.25, -0.2) is 18.1 Å². The number of pyridine rings is 1. The van der Waals surface area contributed by atoms with Crippen molar-refractivity contribution in [2.75, 3.05) is 18.0 Å². The zero-order valence-electron chi connectivity index (χ0n) is 14.9. The number of hydrogen-bond donors (Lipinski definition) is 1. The summed E-state index contributed by atoms with van der Waals surface area (Å²) in [6.45, 7) is 1.07. The molecule has 4 rings (SSSR count). The van der Waals surface area contributed by atoms with E-state index in [2.05, 4.69) is 9.71 Å². The Morgan fingerprint density at radius 2 is 1.75 bits per heavy atom. The van der Waals surface area contributed by atoms with Crippen LogP contribution in [-0.4, -0.2) is 32.5 Å². The van der Waals surface area contributed by atoms with Crippen LogP contribution in [0, 0.1) is 11.8 Å². The molecule has 0 radical (unpaired) electrons. The third-order valence-electron chi connectivity index (χ3n) is 5.57. The van der Waals surface area contributed by atoms with Gasteiger partial charge in [0.1, 0.15) is 11.5 Å². The fourth-order valence-corrected chi connectivity index (χ4v) is 5.57. The quantitative estimate of drug-likeness (QED) is 0.839. The number of anilines is 1. The number of hydrogen-bond acceptors (Lipinski definition) is 4. The van der Waals surface area contributed by atoms with Gasteiger partial charge in [-0.15, -0.1) is 0 Å². The number of benzene rings is 1. The van der Waals surface area contributed by atoms with Gasteiger partial charge in [0.2, 0.25) is 10.0 Å². The van der Waals surface area contributed by atoms with E-state index in [9.17, 15) is 21.6 Å². The summed E-state index contributed by atoms with van der Waals surface area (Å²) in [5, 5.41) is 0. The van der Waals surface area contributed by atoms with Crippen LogP contribution in [-0.2, 0) is 16.2 Å². The molecule has 1 aromatic heterocycles. The maximum Gasteiger partial charge on any atom is 0.433 e. The summed E-state index contributed by atoms with van der Waals surface area (Å²) in [5.74, 6) is 0.573. The first kappa shape index (κ1) is 19.2. The number of rotatable bonds is 4. The lowest BCUT2D eigenvalue weighted by molar-refractivity contribution is -0.141. The highest BCUT2D eigenvalue weighted by atomic mass is 32.2. The van der Waals surface area contributed by atoms with Crippen molar-refractivity contribution in [2.45, 2.75) is 30.0 Å². The van der Waals surface area contributed by atoms with E-state index >= 15 is 0 Å². The summed E-state index contributed by atoms with van der Waals surface area (Å²) < 4.78 is 66.8.